The molecule has 0 bridgehead atoms. The summed E-state index contributed by atoms with van der Waals surface area (Å²) in [5.74, 6) is -6.51. The number of halogens is 1. The second kappa shape index (κ2) is 8.65. The van der Waals surface area contributed by atoms with Crippen LogP contribution < -0.4 is 4.90 Å². The number of amides is 2. The number of nitro benzene ring substituents is 1. The monoisotopic (exact) mass is 528 g/mol. The van der Waals surface area contributed by atoms with E-state index in [4.69, 9.17) is 0 Å². The first-order valence-corrected chi connectivity index (χ1v) is 12.4. The van der Waals surface area contributed by atoms with Crippen LogP contribution in [0.2, 0.25) is 0 Å². The van der Waals surface area contributed by atoms with Crippen molar-refractivity contribution in [2.24, 2.45) is 17.8 Å². The molecule has 1 fully saturated rings. The Morgan fingerprint density at radius 2 is 1.74 bits per heavy atom. The topological polar surface area (TPSA) is 135 Å². The van der Waals surface area contributed by atoms with E-state index in [-0.39, 0.29) is 52.3 Å². The molecule has 3 aliphatic carbocycles. The Hall–Kier alpha value is -4.73. The van der Waals surface area contributed by atoms with Crippen molar-refractivity contribution in [1.82, 2.24) is 0 Å². The van der Waals surface area contributed by atoms with Gasteiger partial charge in [0.05, 0.1) is 22.4 Å². The molecule has 10 heteroatoms. The van der Waals surface area contributed by atoms with Gasteiger partial charge in [0.1, 0.15) is 0 Å². The lowest BCUT2D eigenvalue weighted by molar-refractivity contribution is -0.384. The van der Waals surface area contributed by atoms with Gasteiger partial charge in [0.2, 0.25) is 11.8 Å². The fraction of sp³-hybridized carbons (Fsp3) is 0.241. The number of fused-ring (bicyclic) bond motifs is 3. The molecule has 4 aliphatic rings. The molecule has 4 atom stereocenters. The molecular weight excluding hydrogens is 507 g/mol. The molecule has 4 unspecified atom stereocenters. The van der Waals surface area contributed by atoms with E-state index in [0.29, 0.717) is 5.57 Å². The van der Waals surface area contributed by atoms with Crippen molar-refractivity contribution in [3.05, 3.63) is 98.4 Å². The number of imide groups is 1. The number of hydrogen-bond acceptors (Lipinski definition) is 7. The maximum Gasteiger partial charge on any atom is 0.269 e. The van der Waals surface area contributed by atoms with Gasteiger partial charge in [-0.2, -0.15) is 0 Å². The van der Waals surface area contributed by atoms with E-state index in [1.807, 2.05) is 0 Å². The number of Topliss-reactive ketones (excluding diaryl/α,β-unsaturated/α-hetero) is 1. The fourth-order valence-corrected chi connectivity index (χ4v) is 6.48. The molecule has 2 aromatic rings. The molecule has 1 N–H and O–H groups in total. The van der Waals surface area contributed by atoms with Gasteiger partial charge < -0.3 is 5.11 Å². The van der Waals surface area contributed by atoms with Crippen LogP contribution in [-0.4, -0.2) is 33.4 Å². The van der Waals surface area contributed by atoms with E-state index in [1.165, 1.54) is 49.4 Å². The Balaban J connectivity index is 1.47. The molecule has 1 saturated heterocycles. The quantitative estimate of drug-likeness (QED) is 0.209. The van der Waals surface area contributed by atoms with E-state index < -0.39 is 57.8 Å². The number of carbonyl (C=O) groups excluding carboxylic acids is 4. The number of anilines is 1. The van der Waals surface area contributed by atoms with Crippen molar-refractivity contribution in [2.75, 3.05) is 4.90 Å². The first kappa shape index (κ1) is 24.6. The number of phenolic OH excluding ortho intramolecular Hbond substituents is 1. The van der Waals surface area contributed by atoms with E-state index in [0.717, 1.165) is 11.0 Å². The summed E-state index contributed by atoms with van der Waals surface area (Å²) in [5, 5.41) is 21.7. The Labute approximate surface area is 221 Å². The van der Waals surface area contributed by atoms with Gasteiger partial charge in [0.15, 0.2) is 23.1 Å². The smallest absolute Gasteiger partial charge is 0.269 e. The van der Waals surface area contributed by atoms with Gasteiger partial charge in [-0.05, 0) is 50.0 Å². The number of carbonyl (C=O) groups is 4. The van der Waals surface area contributed by atoms with Crippen molar-refractivity contribution in [3.63, 3.8) is 0 Å². The molecule has 0 radical (unpaired) electrons. The van der Waals surface area contributed by atoms with Crippen LogP contribution in [-0.2, 0) is 19.2 Å². The third-order valence-corrected chi connectivity index (χ3v) is 8.21. The zero-order valence-corrected chi connectivity index (χ0v) is 20.6. The second-order valence-corrected chi connectivity index (χ2v) is 10.2. The summed E-state index contributed by atoms with van der Waals surface area (Å²) in [6.45, 7) is 1.52. The average molecular weight is 528 g/mol. The Bertz CT molecular complexity index is 1620. The molecule has 0 aromatic heterocycles. The van der Waals surface area contributed by atoms with E-state index in [1.54, 1.807) is 6.08 Å². The number of phenols is 1. The largest absolute Gasteiger partial charge is 0.505 e. The van der Waals surface area contributed by atoms with Crippen LogP contribution >= 0.6 is 0 Å². The molecule has 9 nitrogen and oxygen atoms in total. The number of benzene rings is 2. The van der Waals surface area contributed by atoms with Gasteiger partial charge in [-0.15, -0.1) is 0 Å². The minimum Gasteiger partial charge on any atom is -0.505 e. The van der Waals surface area contributed by atoms with Crippen LogP contribution in [0.25, 0.3) is 0 Å². The normalized spacial score (nSPS) is 26.2. The average Bonchev–Trinajstić information content (AvgIpc) is 3.17. The van der Waals surface area contributed by atoms with Gasteiger partial charge >= 0.3 is 0 Å². The molecule has 0 spiro atoms. The Kier molecular flexibility index (Phi) is 5.46. The summed E-state index contributed by atoms with van der Waals surface area (Å²) >= 11 is 0. The SMILES string of the molecule is CC1=CC(=O)C2=C(CC3C(=CCC4C(=O)N(c5ccc([N+](=O)[O-])cc5)C(=O)C43)C2c2cccc(F)c2O)C1=O. The van der Waals surface area contributed by atoms with Crippen LogP contribution in [0, 0.1) is 33.7 Å². The number of nitrogens with zero attached hydrogens (tertiary/aromatic N) is 2. The van der Waals surface area contributed by atoms with E-state index in [2.05, 4.69) is 0 Å². The standard InChI is InChI=1S/C29H21FN2O7/c1-13-11-22(33)25-20(26(13)34)12-19-16(23(25)17-3-2-4-21(30)27(17)35)9-10-18-24(19)29(37)31(28(18)36)14-5-7-15(8-6-14)32(38)39/h2-9,11,18-19,23-24,35H,10,12H2,1H3. The zero-order valence-electron chi connectivity index (χ0n) is 20.6. The highest BCUT2D eigenvalue weighted by atomic mass is 19.1. The van der Waals surface area contributed by atoms with Gasteiger partial charge in [-0.1, -0.05) is 23.8 Å². The number of rotatable bonds is 3. The number of nitro groups is 1. The minimum atomic E-state index is -0.965. The van der Waals surface area contributed by atoms with Gasteiger partial charge in [-0.25, -0.2) is 4.39 Å². The predicted octanol–water partition coefficient (Wildman–Crippen LogP) is 4.07. The fourth-order valence-electron chi connectivity index (χ4n) is 6.48. The number of ketones is 2. The van der Waals surface area contributed by atoms with Gasteiger partial charge in [0.25, 0.3) is 5.69 Å². The summed E-state index contributed by atoms with van der Waals surface area (Å²) in [6, 6.07) is 9.07. The van der Waals surface area contributed by atoms with Crippen molar-refractivity contribution in [2.45, 2.75) is 25.7 Å². The number of allylic oxidation sites excluding steroid dienone is 6. The maximum absolute atomic E-state index is 14.5. The lowest BCUT2D eigenvalue weighted by Crippen LogP contribution is -2.39. The molecule has 39 heavy (non-hydrogen) atoms. The summed E-state index contributed by atoms with van der Waals surface area (Å²) in [7, 11) is 0. The van der Waals surface area contributed by atoms with Crippen LogP contribution in [0.4, 0.5) is 15.8 Å². The minimum absolute atomic E-state index is 0.0395. The first-order chi connectivity index (χ1) is 18.6. The van der Waals surface area contributed by atoms with Gasteiger partial charge in [0, 0.05) is 40.3 Å². The molecule has 1 heterocycles. The van der Waals surface area contributed by atoms with Crippen LogP contribution in [0.1, 0.15) is 31.2 Å². The van der Waals surface area contributed by atoms with Gasteiger partial charge in [-0.3, -0.25) is 34.2 Å². The molecule has 2 amide bonds. The third kappa shape index (κ3) is 3.51. The molecule has 0 saturated carbocycles. The molecular formula is C29H21FN2O7. The van der Waals surface area contributed by atoms with Crippen molar-refractivity contribution >= 4 is 34.8 Å². The zero-order chi connectivity index (χ0) is 27.7. The van der Waals surface area contributed by atoms with Crippen molar-refractivity contribution in [1.29, 1.82) is 0 Å². The number of hydrogen-bond donors (Lipinski definition) is 1. The Morgan fingerprint density at radius 1 is 1.03 bits per heavy atom. The summed E-state index contributed by atoms with van der Waals surface area (Å²) < 4.78 is 14.5. The van der Waals surface area contributed by atoms with Crippen LogP contribution in [0.15, 0.2) is 76.9 Å². The second-order valence-electron chi connectivity index (χ2n) is 10.2. The predicted molar refractivity (Wildman–Crippen MR) is 135 cm³/mol. The summed E-state index contributed by atoms with van der Waals surface area (Å²) in [5.41, 5.74) is 1.28. The highest BCUT2D eigenvalue weighted by Crippen LogP contribution is 2.56. The summed E-state index contributed by atoms with van der Waals surface area (Å²) in [4.78, 5) is 65.3. The lowest BCUT2D eigenvalue weighted by atomic mass is 9.59. The van der Waals surface area contributed by atoms with E-state index >= 15 is 0 Å². The number of non-ortho nitro benzene ring substituents is 1. The molecule has 1 aliphatic heterocycles. The van der Waals surface area contributed by atoms with Crippen LogP contribution in [0.5, 0.6) is 5.75 Å². The van der Waals surface area contributed by atoms with Crippen molar-refractivity contribution < 1.29 is 33.6 Å². The molecule has 2 aromatic carbocycles. The van der Waals surface area contributed by atoms with E-state index in [9.17, 15) is 38.8 Å². The lowest BCUT2D eigenvalue weighted by Gasteiger charge is -2.42. The van der Waals surface area contributed by atoms with Crippen molar-refractivity contribution in [3.8, 4) is 5.75 Å². The highest BCUT2D eigenvalue weighted by molar-refractivity contribution is 6.25. The highest BCUT2D eigenvalue weighted by Gasteiger charge is 2.56. The third-order valence-electron chi connectivity index (χ3n) is 8.21. The molecule has 6 rings (SSSR count). The summed E-state index contributed by atoms with van der Waals surface area (Å²) in [6.07, 6.45) is 3.20. The number of aromatic hydroxyl groups is 1. The molecule has 196 valence electrons. The maximum atomic E-state index is 14.5. The van der Waals surface area contributed by atoms with Crippen LogP contribution in [0.3, 0.4) is 0 Å². The Morgan fingerprint density at radius 3 is 2.44 bits per heavy atom. The number of para-hydroxylation sites is 1. The first-order valence-electron chi connectivity index (χ1n) is 12.4.